The number of ketones is 1. The first kappa shape index (κ1) is 19.5. The molecule has 0 bridgehead atoms. The van der Waals surface area contributed by atoms with Gasteiger partial charge in [0.25, 0.3) is 0 Å². The van der Waals surface area contributed by atoms with Gasteiger partial charge >= 0.3 is 5.97 Å². The Morgan fingerprint density at radius 3 is 2.38 bits per heavy atom. The van der Waals surface area contributed by atoms with Gasteiger partial charge in [-0.1, -0.05) is 24.3 Å². The standard InChI is InChI=1S/C20H19ClO5/c1-3-11-25-18-10-7-15(12-19(18)24-4-2)20(23)26-13-17(22)14-5-8-16(21)9-6-14/h3,5-10,12H,1,4,11,13H2,2H3. The third kappa shape index (κ3) is 5.36. The summed E-state index contributed by atoms with van der Waals surface area (Å²) in [5, 5.41) is 0.528. The van der Waals surface area contributed by atoms with E-state index in [2.05, 4.69) is 6.58 Å². The molecule has 0 N–H and O–H groups in total. The van der Waals surface area contributed by atoms with Gasteiger partial charge in [0.2, 0.25) is 0 Å². The first-order valence-electron chi connectivity index (χ1n) is 8.01. The predicted molar refractivity (Wildman–Crippen MR) is 99.4 cm³/mol. The molecule has 0 aliphatic rings. The van der Waals surface area contributed by atoms with Crippen LogP contribution in [0.25, 0.3) is 0 Å². The van der Waals surface area contributed by atoms with Gasteiger partial charge in [-0.3, -0.25) is 4.79 Å². The number of Topliss-reactive ketones (excluding diaryl/α,β-unsaturated/α-hetero) is 1. The van der Waals surface area contributed by atoms with Gasteiger partial charge in [-0.25, -0.2) is 4.79 Å². The lowest BCUT2D eigenvalue weighted by molar-refractivity contribution is 0.0474. The van der Waals surface area contributed by atoms with E-state index in [9.17, 15) is 9.59 Å². The molecule has 0 fully saturated rings. The van der Waals surface area contributed by atoms with Crippen molar-refractivity contribution in [2.24, 2.45) is 0 Å². The van der Waals surface area contributed by atoms with E-state index < -0.39 is 5.97 Å². The van der Waals surface area contributed by atoms with Crippen molar-refractivity contribution < 1.29 is 23.8 Å². The van der Waals surface area contributed by atoms with E-state index >= 15 is 0 Å². The third-order valence-electron chi connectivity index (χ3n) is 3.34. The van der Waals surface area contributed by atoms with Crippen molar-refractivity contribution in [1.82, 2.24) is 0 Å². The van der Waals surface area contributed by atoms with Crippen molar-refractivity contribution in [2.45, 2.75) is 6.92 Å². The summed E-state index contributed by atoms with van der Waals surface area (Å²) in [5.74, 6) is -0.0112. The highest BCUT2D eigenvalue weighted by Crippen LogP contribution is 2.29. The highest BCUT2D eigenvalue weighted by atomic mass is 35.5. The quantitative estimate of drug-likeness (QED) is 0.371. The van der Waals surface area contributed by atoms with Crippen LogP contribution in [0.15, 0.2) is 55.1 Å². The lowest BCUT2D eigenvalue weighted by Gasteiger charge is -2.12. The zero-order valence-corrected chi connectivity index (χ0v) is 15.1. The van der Waals surface area contributed by atoms with Crippen LogP contribution in [0.4, 0.5) is 0 Å². The maximum Gasteiger partial charge on any atom is 0.338 e. The molecule has 2 rings (SSSR count). The monoisotopic (exact) mass is 374 g/mol. The van der Waals surface area contributed by atoms with Gasteiger partial charge in [-0.05, 0) is 49.4 Å². The van der Waals surface area contributed by atoms with Crippen LogP contribution in [0.5, 0.6) is 11.5 Å². The lowest BCUT2D eigenvalue weighted by Crippen LogP contribution is -2.14. The van der Waals surface area contributed by atoms with Crippen LogP contribution in [-0.4, -0.2) is 31.6 Å². The maximum atomic E-state index is 12.2. The highest BCUT2D eigenvalue weighted by molar-refractivity contribution is 6.30. The van der Waals surface area contributed by atoms with Gasteiger partial charge in [0.1, 0.15) is 6.61 Å². The summed E-state index contributed by atoms with van der Waals surface area (Å²) >= 11 is 5.78. The number of carbonyl (C=O) groups is 2. The molecule has 0 saturated carbocycles. The van der Waals surface area contributed by atoms with E-state index in [1.807, 2.05) is 6.92 Å². The molecule has 2 aromatic carbocycles. The van der Waals surface area contributed by atoms with Crippen molar-refractivity contribution in [1.29, 1.82) is 0 Å². The topological polar surface area (TPSA) is 61.8 Å². The minimum Gasteiger partial charge on any atom is -0.490 e. The van der Waals surface area contributed by atoms with Crippen LogP contribution in [0.1, 0.15) is 27.6 Å². The molecule has 26 heavy (non-hydrogen) atoms. The molecule has 0 spiro atoms. The Morgan fingerprint density at radius 2 is 1.73 bits per heavy atom. The number of hydrogen-bond acceptors (Lipinski definition) is 5. The van der Waals surface area contributed by atoms with Crippen molar-refractivity contribution in [3.8, 4) is 11.5 Å². The molecule has 136 valence electrons. The normalized spacial score (nSPS) is 10.1. The summed E-state index contributed by atoms with van der Waals surface area (Å²) in [6, 6.07) is 11.1. The van der Waals surface area contributed by atoms with Crippen LogP contribution >= 0.6 is 11.6 Å². The Bertz CT molecular complexity index is 783. The average molecular weight is 375 g/mol. The lowest BCUT2D eigenvalue weighted by atomic mass is 10.1. The predicted octanol–water partition coefficient (Wildman–Crippen LogP) is 4.34. The summed E-state index contributed by atoms with van der Waals surface area (Å²) in [4.78, 5) is 24.3. The van der Waals surface area contributed by atoms with Crippen LogP contribution in [-0.2, 0) is 4.74 Å². The summed E-state index contributed by atoms with van der Waals surface area (Å²) in [5.41, 5.74) is 0.689. The molecule has 0 saturated heterocycles. The number of esters is 1. The fourth-order valence-electron chi connectivity index (χ4n) is 2.10. The molecule has 0 radical (unpaired) electrons. The van der Waals surface area contributed by atoms with Gasteiger partial charge in [0.15, 0.2) is 23.9 Å². The van der Waals surface area contributed by atoms with Gasteiger partial charge in [-0.2, -0.15) is 0 Å². The summed E-state index contributed by atoms with van der Waals surface area (Å²) in [6.07, 6.45) is 1.61. The van der Waals surface area contributed by atoms with E-state index in [4.69, 9.17) is 25.8 Å². The molecule has 0 aliphatic carbocycles. The molecule has 0 amide bonds. The van der Waals surface area contributed by atoms with Gasteiger partial charge in [0.05, 0.1) is 12.2 Å². The minimum atomic E-state index is -0.622. The fraction of sp³-hybridized carbons (Fsp3) is 0.200. The number of carbonyl (C=O) groups excluding carboxylic acids is 2. The van der Waals surface area contributed by atoms with Gasteiger partial charge < -0.3 is 14.2 Å². The molecule has 0 unspecified atom stereocenters. The van der Waals surface area contributed by atoms with Crippen molar-refractivity contribution in [3.63, 3.8) is 0 Å². The Hall–Kier alpha value is -2.79. The second-order valence-electron chi connectivity index (χ2n) is 5.20. The van der Waals surface area contributed by atoms with Crippen molar-refractivity contribution in [3.05, 3.63) is 71.3 Å². The van der Waals surface area contributed by atoms with Crippen LogP contribution in [0.2, 0.25) is 5.02 Å². The number of rotatable bonds is 9. The zero-order valence-electron chi connectivity index (χ0n) is 14.4. The van der Waals surface area contributed by atoms with E-state index in [0.29, 0.717) is 35.3 Å². The number of ether oxygens (including phenoxy) is 3. The van der Waals surface area contributed by atoms with Crippen LogP contribution in [0, 0.1) is 0 Å². The number of hydrogen-bond donors (Lipinski definition) is 0. The Morgan fingerprint density at radius 1 is 1.04 bits per heavy atom. The second-order valence-corrected chi connectivity index (χ2v) is 5.64. The summed E-state index contributed by atoms with van der Waals surface area (Å²) in [7, 11) is 0. The van der Waals surface area contributed by atoms with Crippen LogP contribution < -0.4 is 9.47 Å². The third-order valence-corrected chi connectivity index (χ3v) is 3.59. The molecule has 0 atom stereocenters. The molecule has 0 aromatic heterocycles. The van der Waals surface area contributed by atoms with Crippen LogP contribution in [0.3, 0.4) is 0 Å². The fourth-order valence-corrected chi connectivity index (χ4v) is 2.23. The van der Waals surface area contributed by atoms with Gasteiger partial charge in [0, 0.05) is 10.6 Å². The van der Waals surface area contributed by atoms with E-state index in [0.717, 1.165) is 0 Å². The molecule has 0 heterocycles. The number of halogens is 1. The second kappa shape index (κ2) is 9.63. The van der Waals surface area contributed by atoms with Crippen molar-refractivity contribution >= 4 is 23.4 Å². The molecular formula is C20H19ClO5. The largest absolute Gasteiger partial charge is 0.490 e. The first-order valence-corrected chi connectivity index (χ1v) is 8.39. The van der Waals surface area contributed by atoms with Crippen molar-refractivity contribution in [2.75, 3.05) is 19.8 Å². The Kier molecular flexibility index (Phi) is 7.24. The molecule has 2 aromatic rings. The molecule has 0 aliphatic heterocycles. The molecular weight excluding hydrogens is 356 g/mol. The van der Waals surface area contributed by atoms with Gasteiger partial charge in [-0.15, -0.1) is 0 Å². The SMILES string of the molecule is C=CCOc1ccc(C(=O)OCC(=O)c2ccc(Cl)cc2)cc1OCC. The summed E-state index contributed by atoms with van der Waals surface area (Å²) in [6.45, 7) is 5.79. The highest BCUT2D eigenvalue weighted by Gasteiger charge is 2.15. The maximum absolute atomic E-state index is 12.2. The average Bonchev–Trinajstić information content (AvgIpc) is 2.65. The Balaban J connectivity index is 2.03. The van der Waals surface area contributed by atoms with E-state index in [1.165, 1.54) is 6.07 Å². The minimum absolute atomic E-state index is 0.267. The molecule has 6 heteroatoms. The smallest absolute Gasteiger partial charge is 0.338 e. The van der Waals surface area contributed by atoms with E-state index in [-0.39, 0.29) is 18.0 Å². The molecule has 5 nitrogen and oxygen atoms in total. The number of benzene rings is 2. The first-order chi connectivity index (χ1) is 12.5. The van der Waals surface area contributed by atoms with E-state index in [1.54, 1.807) is 42.5 Å². The summed E-state index contributed by atoms with van der Waals surface area (Å²) < 4.78 is 16.1. The Labute approximate surface area is 157 Å². The zero-order chi connectivity index (χ0) is 18.9.